The average Bonchev–Trinajstić information content (AvgIpc) is 3.52. The summed E-state index contributed by atoms with van der Waals surface area (Å²) in [5.41, 5.74) is 6.48. The molecule has 3 heterocycles. The summed E-state index contributed by atoms with van der Waals surface area (Å²) >= 11 is 1.76. The molecule has 2 aliphatic heterocycles. The largest absolute Gasteiger partial charge is 0.497 e. The fourth-order valence-electron chi connectivity index (χ4n) is 4.13. The number of hydrazone groups is 1. The number of ether oxygens (including phenoxy) is 2. The second-order valence-electron chi connectivity index (χ2n) is 7.95. The van der Waals surface area contributed by atoms with E-state index in [0.717, 1.165) is 48.2 Å². The lowest BCUT2D eigenvalue weighted by molar-refractivity contribution is 0.150. The van der Waals surface area contributed by atoms with Gasteiger partial charge < -0.3 is 14.4 Å². The van der Waals surface area contributed by atoms with E-state index >= 15 is 0 Å². The van der Waals surface area contributed by atoms with Gasteiger partial charge in [0.25, 0.3) is 0 Å². The van der Waals surface area contributed by atoms with Gasteiger partial charge in [0.15, 0.2) is 5.84 Å². The van der Waals surface area contributed by atoms with Gasteiger partial charge in [-0.25, -0.2) is 4.98 Å². The number of aromatic nitrogens is 1. The number of fused-ring (bicyclic) bond motifs is 1. The molecule has 158 valence electrons. The Kier molecular flexibility index (Phi) is 5.12. The van der Waals surface area contributed by atoms with Crippen LogP contribution in [0.25, 0.3) is 0 Å². The quantitative estimate of drug-likeness (QED) is 0.766. The molecule has 3 aliphatic rings. The van der Waals surface area contributed by atoms with E-state index < -0.39 is 0 Å². The third-order valence-electron chi connectivity index (χ3n) is 6.08. The van der Waals surface area contributed by atoms with Crippen LogP contribution in [0.1, 0.15) is 41.9 Å². The van der Waals surface area contributed by atoms with Crippen LogP contribution in [0.2, 0.25) is 0 Å². The standard InChI is InChI=1S/C22H27N5O2S/c1-14-19-11-23-25-21(18-13-30-22(24-18)15-4-5-15)27(19)9-8-26(14)12-16-6-7-17(28-2)10-20(16)29-3/h6-7,10-11,13-15,23H,4-5,8-9,12H2,1-3H3/t14-/m1/s1. The van der Waals surface area contributed by atoms with Gasteiger partial charge in [-0.1, -0.05) is 6.07 Å². The zero-order valence-electron chi connectivity index (χ0n) is 17.6. The summed E-state index contributed by atoms with van der Waals surface area (Å²) in [5.74, 6) is 3.27. The van der Waals surface area contributed by atoms with Gasteiger partial charge in [0.2, 0.25) is 0 Å². The smallest absolute Gasteiger partial charge is 0.179 e. The summed E-state index contributed by atoms with van der Waals surface area (Å²) in [7, 11) is 3.38. The summed E-state index contributed by atoms with van der Waals surface area (Å²) in [5, 5.41) is 7.98. The number of rotatable bonds is 6. The van der Waals surface area contributed by atoms with Gasteiger partial charge in [0, 0.05) is 54.8 Å². The molecule has 1 aromatic heterocycles. The molecule has 8 heteroatoms. The second kappa shape index (κ2) is 7.92. The number of piperazine rings is 1. The molecule has 1 aliphatic carbocycles. The lowest BCUT2D eigenvalue weighted by atomic mass is 10.1. The molecule has 1 aromatic carbocycles. The van der Waals surface area contributed by atoms with Crippen molar-refractivity contribution in [3.63, 3.8) is 0 Å². The Balaban J connectivity index is 1.33. The van der Waals surface area contributed by atoms with Crippen LogP contribution in [0.3, 0.4) is 0 Å². The SMILES string of the molecule is COc1ccc(CN2CCN3C(=CNN=C3c3csc(C4CC4)n3)[C@H]2C)c(OC)c1. The number of hydrogen-bond donors (Lipinski definition) is 1. The van der Waals surface area contributed by atoms with Gasteiger partial charge in [0.1, 0.15) is 17.2 Å². The maximum absolute atomic E-state index is 5.60. The zero-order valence-corrected chi connectivity index (χ0v) is 18.4. The maximum atomic E-state index is 5.60. The number of benzene rings is 1. The molecule has 0 spiro atoms. The molecule has 7 nitrogen and oxygen atoms in total. The average molecular weight is 426 g/mol. The number of thiazole rings is 1. The predicted molar refractivity (Wildman–Crippen MR) is 118 cm³/mol. The molecule has 2 fully saturated rings. The topological polar surface area (TPSA) is 62.2 Å². The Labute approximate surface area is 181 Å². The van der Waals surface area contributed by atoms with Gasteiger partial charge in [-0.2, -0.15) is 5.10 Å². The molecular weight excluding hydrogens is 398 g/mol. The van der Waals surface area contributed by atoms with Crippen molar-refractivity contribution in [2.45, 2.75) is 38.3 Å². The summed E-state index contributed by atoms with van der Waals surface area (Å²) < 4.78 is 10.9. The molecule has 1 saturated carbocycles. The maximum Gasteiger partial charge on any atom is 0.179 e. The molecule has 0 radical (unpaired) electrons. The molecule has 0 amide bonds. The Morgan fingerprint density at radius 2 is 2.07 bits per heavy atom. The van der Waals surface area contributed by atoms with Crippen molar-refractivity contribution in [1.29, 1.82) is 0 Å². The van der Waals surface area contributed by atoms with Crippen LogP contribution in [0, 0.1) is 0 Å². The highest BCUT2D eigenvalue weighted by molar-refractivity contribution is 7.10. The monoisotopic (exact) mass is 425 g/mol. The van der Waals surface area contributed by atoms with Crippen LogP contribution in [-0.2, 0) is 6.54 Å². The van der Waals surface area contributed by atoms with Crippen molar-refractivity contribution in [2.75, 3.05) is 27.3 Å². The molecule has 1 saturated heterocycles. The molecule has 30 heavy (non-hydrogen) atoms. The van der Waals surface area contributed by atoms with Crippen molar-refractivity contribution < 1.29 is 9.47 Å². The first kappa shape index (κ1) is 19.4. The van der Waals surface area contributed by atoms with E-state index in [2.05, 4.69) is 38.7 Å². The number of nitrogens with zero attached hydrogens (tertiary/aromatic N) is 4. The van der Waals surface area contributed by atoms with Crippen molar-refractivity contribution in [3.05, 3.63) is 51.7 Å². The normalized spacial score (nSPS) is 21.4. The first-order valence-corrected chi connectivity index (χ1v) is 11.3. The van der Waals surface area contributed by atoms with E-state index in [1.165, 1.54) is 23.5 Å². The predicted octanol–water partition coefficient (Wildman–Crippen LogP) is 3.35. The fraction of sp³-hybridized carbons (Fsp3) is 0.455. The van der Waals surface area contributed by atoms with Gasteiger partial charge in [-0.05, 0) is 25.8 Å². The Morgan fingerprint density at radius 3 is 2.83 bits per heavy atom. The van der Waals surface area contributed by atoms with Crippen LogP contribution < -0.4 is 14.9 Å². The number of amidine groups is 1. The summed E-state index contributed by atoms with van der Waals surface area (Å²) in [6.07, 6.45) is 4.56. The molecule has 0 unspecified atom stereocenters. The second-order valence-corrected chi connectivity index (χ2v) is 8.84. The molecule has 1 N–H and O–H groups in total. The van der Waals surface area contributed by atoms with Gasteiger partial charge in [-0.3, -0.25) is 10.3 Å². The van der Waals surface area contributed by atoms with E-state index in [1.807, 2.05) is 18.3 Å². The van der Waals surface area contributed by atoms with Crippen LogP contribution in [0.4, 0.5) is 0 Å². The van der Waals surface area contributed by atoms with Crippen molar-refractivity contribution in [2.24, 2.45) is 5.10 Å². The van der Waals surface area contributed by atoms with Crippen molar-refractivity contribution >= 4 is 17.2 Å². The first-order chi connectivity index (χ1) is 14.7. The van der Waals surface area contributed by atoms with Gasteiger partial charge in [0.05, 0.1) is 24.9 Å². The molecule has 2 aromatic rings. The van der Waals surface area contributed by atoms with Crippen LogP contribution in [0.15, 0.2) is 40.6 Å². The van der Waals surface area contributed by atoms with Crippen molar-refractivity contribution in [3.8, 4) is 11.5 Å². The van der Waals surface area contributed by atoms with Gasteiger partial charge >= 0.3 is 0 Å². The minimum Gasteiger partial charge on any atom is -0.497 e. The molecule has 5 rings (SSSR count). The Hall–Kier alpha value is -2.58. The molecule has 1 atom stereocenters. The highest BCUT2D eigenvalue weighted by atomic mass is 32.1. The number of nitrogens with one attached hydrogen (secondary N) is 1. The fourth-order valence-corrected chi connectivity index (χ4v) is 5.10. The van der Waals surface area contributed by atoms with E-state index in [-0.39, 0.29) is 6.04 Å². The lowest BCUT2D eigenvalue weighted by Crippen LogP contribution is -2.53. The van der Waals surface area contributed by atoms with E-state index in [1.54, 1.807) is 25.6 Å². The minimum absolute atomic E-state index is 0.241. The first-order valence-electron chi connectivity index (χ1n) is 10.4. The highest BCUT2D eigenvalue weighted by Crippen LogP contribution is 2.41. The number of methoxy groups -OCH3 is 2. The van der Waals surface area contributed by atoms with E-state index in [4.69, 9.17) is 14.5 Å². The zero-order chi connectivity index (χ0) is 20.7. The molecule has 0 bridgehead atoms. The summed E-state index contributed by atoms with van der Waals surface area (Å²) in [6, 6.07) is 6.27. The third-order valence-corrected chi connectivity index (χ3v) is 7.09. The molecular formula is C22H27N5O2S. The number of hydrogen-bond acceptors (Lipinski definition) is 8. The third kappa shape index (κ3) is 3.54. The highest BCUT2D eigenvalue weighted by Gasteiger charge is 2.35. The van der Waals surface area contributed by atoms with Crippen LogP contribution in [-0.4, -0.2) is 54.0 Å². The van der Waals surface area contributed by atoms with Crippen LogP contribution >= 0.6 is 11.3 Å². The Morgan fingerprint density at radius 1 is 1.20 bits per heavy atom. The van der Waals surface area contributed by atoms with E-state index in [9.17, 15) is 0 Å². The van der Waals surface area contributed by atoms with Gasteiger partial charge in [-0.15, -0.1) is 11.3 Å². The summed E-state index contributed by atoms with van der Waals surface area (Å²) in [4.78, 5) is 9.65. The van der Waals surface area contributed by atoms with Crippen molar-refractivity contribution in [1.82, 2.24) is 20.2 Å². The minimum atomic E-state index is 0.241. The van der Waals surface area contributed by atoms with E-state index in [0.29, 0.717) is 5.92 Å². The van der Waals surface area contributed by atoms with Crippen LogP contribution in [0.5, 0.6) is 11.5 Å². The lowest BCUT2D eigenvalue weighted by Gasteiger charge is -2.44. The Bertz CT molecular complexity index is 997. The summed E-state index contributed by atoms with van der Waals surface area (Å²) in [6.45, 7) is 4.88.